The van der Waals surface area contributed by atoms with Gasteiger partial charge in [0.2, 0.25) is 0 Å². The first-order valence-electron chi connectivity index (χ1n) is 9.03. The van der Waals surface area contributed by atoms with Crippen molar-refractivity contribution in [3.05, 3.63) is 71.4 Å². The smallest absolute Gasteiger partial charge is 0.361 e. The molecule has 3 aromatic rings. The summed E-state index contributed by atoms with van der Waals surface area (Å²) in [6, 6.07) is 13.9. The van der Waals surface area contributed by atoms with Crippen molar-refractivity contribution in [2.75, 3.05) is 6.54 Å². The van der Waals surface area contributed by atoms with Crippen molar-refractivity contribution in [3.8, 4) is 0 Å². The average molecular weight is 401 g/mol. The molecule has 1 aromatic heterocycles. The first-order chi connectivity index (χ1) is 13.7. The molecule has 0 radical (unpaired) electrons. The summed E-state index contributed by atoms with van der Waals surface area (Å²) in [6.45, 7) is 1.90. The number of nitrogens with zero attached hydrogens (tertiary/aromatic N) is 2. The Morgan fingerprint density at radius 3 is 2.59 bits per heavy atom. The van der Waals surface area contributed by atoms with E-state index in [4.69, 9.17) is 0 Å². The quantitative estimate of drug-likeness (QED) is 0.702. The van der Waals surface area contributed by atoms with Crippen molar-refractivity contribution < 1.29 is 23.1 Å². The zero-order chi connectivity index (χ0) is 20.8. The standard InChI is InChI=1S/C21H18F3N3O2/c1-13-7-8-17-16(11-13)15(12-25-17)9-10-27-18(14-5-3-2-4-6-14)26-20(29,19(27)28)21(22,23)24/h2-8,11-12,25,29H,9-10H2,1H3. The van der Waals surface area contributed by atoms with Crippen LogP contribution in [-0.2, 0) is 11.2 Å². The van der Waals surface area contributed by atoms with E-state index in [9.17, 15) is 23.1 Å². The van der Waals surface area contributed by atoms with Gasteiger partial charge in [-0.2, -0.15) is 13.2 Å². The normalized spacial score (nSPS) is 19.8. The number of carbonyl (C=O) groups excluding carboxylic acids is 1. The van der Waals surface area contributed by atoms with Crippen LogP contribution in [0, 0.1) is 6.92 Å². The molecular formula is C21H18F3N3O2. The molecule has 2 heterocycles. The topological polar surface area (TPSA) is 68.7 Å². The molecule has 5 nitrogen and oxygen atoms in total. The van der Waals surface area contributed by atoms with E-state index in [1.54, 1.807) is 36.5 Å². The Kier molecular flexibility index (Phi) is 4.46. The van der Waals surface area contributed by atoms with E-state index in [1.165, 1.54) is 0 Å². The highest BCUT2D eigenvalue weighted by Crippen LogP contribution is 2.38. The van der Waals surface area contributed by atoms with Gasteiger partial charge in [-0.1, -0.05) is 42.0 Å². The molecule has 8 heteroatoms. The summed E-state index contributed by atoms with van der Waals surface area (Å²) in [5.74, 6) is -1.67. The lowest BCUT2D eigenvalue weighted by Gasteiger charge is -2.23. The molecule has 1 atom stereocenters. The molecule has 2 N–H and O–H groups in total. The molecule has 0 spiro atoms. The SMILES string of the molecule is Cc1ccc2[nH]cc(CCN3C(=O)C(O)(C(F)(F)F)N=C3c3ccccc3)c2c1. The maximum Gasteiger partial charge on any atom is 0.448 e. The fourth-order valence-electron chi connectivity index (χ4n) is 3.48. The summed E-state index contributed by atoms with van der Waals surface area (Å²) in [5, 5.41) is 11.0. The number of aromatic nitrogens is 1. The number of aromatic amines is 1. The first-order valence-corrected chi connectivity index (χ1v) is 9.03. The molecule has 29 heavy (non-hydrogen) atoms. The van der Waals surface area contributed by atoms with Gasteiger partial charge in [-0.15, -0.1) is 0 Å². The fraction of sp³-hybridized carbons (Fsp3) is 0.238. The molecule has 1 aliphatic rings. The van der Waals surface area contributed by atoms with Gasteiger partial charge in [-0.3, -0.25) is 9.69 Å². The number of aryl methyl sites for hydroxylation is 1. The van der Waals surface area contributed by atoms with Crippen LogP contribution in [0.2, 0.25) is 0 Å². The Balaban J connectivity index is 1.68. The number of rotatable bonds is 4. The Morgan fingerprint density at radius 2 is 1.90 bits per heavy atom. The maximum atomic E-state index is 13.4. The highest BCUT2D eigenvalue weighted by atomic mass is 19.4. The fourth-order valence-corrected chi connectivity index (χ4v) is 3.48. The highest BCUT2D eigenvalue weighted by Gasteiger charge is 2.65. The van der Waals surface area contributed by atoms with E-state index in [1.807, 2.05) is 25.1 Å². The van der Waals surface area contributed by atoms with Crippen LogP contribution in [0.25, 0.3) is 10.9 Å². The van der Waals surface area contributed by atoms with Gasteiger partial charge in [0.25, 0.3) is 5.91 Å². The Labute approximate surface area is 164 Å². The van der Waals surface area contributed by atoms with E-state index in [0.29, 0.717) is 12.0 Å². The second-order valence-corrected chi connectivity index (χ2v) is 7.04. The molecule has 0 saturated heterocycles. The van der Waals surface area contributed by atoms with Crippen LogP contribution in [0.1, 0.15) is 16.7 Å². The number of carbonyl (C=O) groups is 1. The minimum absolute atomic E-state index is 0.0498. The summed E-state index contributed by atoms with van der Waals surface area (Å²) in [5.41, 5.74) is -0.618. The zero-order valence-corrected chi connectivity index (χ0v) is 15.5. The molecular weight excluding hydrogens is 383 g/mol. The van der Waals surface area contributed by atoms with E-state index >= 15 is 0 Å². The van der Waals surface area contributed by atoms with Crippen molar-refractivity contribution in [3.63, 3.8) is 0 Å². The van der Waals surface area contributed by atoms with Crippen LogP contribution >= 0.6 is 0 Å². The van der Waals surface area contributed by atoms with Crippen LogP contribution < -0.4 is 0 Å². The Hall–Kier alpha value is -3.13. The number of halogens is 3. The van der Waals surface area contributed by atoms with Gasteiger partial charge in [0, 0.05) is 29.2 Å². The van der Waals surface area contributed by atoms with Crippen LogP contribution in [-0.4, -0.2) is 45.2 Å². The summed E-state index contributed by atoms with van der Waals surface area (Å²) in [7, 11) is 0. The monoisotopic (exact) mass is 401 g/mol. The van der Waals surface area contributed by atoms with Crippen molar-refractivity contribution >= 4 is 22.6 Å². The molecule has 150 valence electrons. The number of aliphatic hydroxyl groups is 1. The summed E-state index contributed by atoms with van der Waals surface area (Å²) >= 11 is 0. The predicted molar refractivity (Wildman–Crippen MR) is 102 cm³/mol. The third-order valence-corrected chi connectivity index (χ3v) is 5.02. The number of amides is 1. The van der Waals surface area contributed by atoms with E-state index in [2.05, 4.69) is 9.98 Å². The van der Waals surface area contributed by atoms with Gasteiger partial charge in [-0.25, -0.2) is 4.99 Å². The van der Waals surface area contributed by atoms with Crippen LogP contribution in [0.15, 0.2) is 59.7 Å². The number of amidine groups is 1. The highest BCUT2D eigenvalue weighted by molar-refractivity contribution is 6.15. The molecule has 4 rings (SSSR count). The molecule has 1 amide bonds. The molecule has 0 fully saturated rings. The third kappa shape index (κ3) is 3.19. The maximum absolute atomic E-state index is 13.4. The van der Waals surface area contributed by atoms with Gasteiger partial charge in [0.05, 0.1) is 0 Å². The number of benzene rings is 2. The second-order valence-electron chi connectivity index (χ2n) is 7.04. The number of hydrogen-bond donors (Lipinski definition) is 2. The lowest BCUT2D eigenvalue weighted by Crippen LogP contribution is -2.52. The molecule has 1 aliphatic heterocycles. The van der Waals surface area contributed by atoms with Gasteiger partial charge >= 0.3 is 11.9 Å². The molecule has 0 saturated carbocycles. The van der Waals surface area contributed by atoms with E-state index < -0.39 is 17.8 Å². The first kappa shape index (κ1) is 19.2. The van der Waals surface area contributed by atoms with E-state index in [0.717, 1.165) is 26.9 Å². The Morgan fingerprint density at radius 1 is 1.17 bits per heavy atom. The lowest BCUT2D eigenvalue weighted by molar-refractivity contribution is -0.248. The molecule has 1 unspecified atom stereocenters. The number of fused-ring (bicyclic) bond motifs is 1. The van der Waals surface area contributed by atoms with Gasteiger partial charge in [-0.05, 0) is 31.0 Å². The molecule has 2 aromatic carbocycles. The minimum atomic E-state index is -5.21. The van der Waals surface area contributed by atoms with E-state index in [-0.39, 0.29) is 12.4 Å². The predicted octanol–water partition coefficient (Wildman–Crippen LogP) is 3.56. The summed E-state index contributed by atoms with van der Waals surface area (Å²) in [4.78, 5) is 20.0. The van der Waals surface area contributed by atoms with Crippen molar-refractivity contribution in [2.24, 2.45) is 4.99 Å². The Bertz CT molecular complexity index is 1110. The molecule has 0 aliphatic carbocycles. The number of aliphatic imine (C=N–C) groups is 1. The number of hydrogen-bond acceptors (Lipinski definition) is 3. The van der Waals surface area contributed by atoms with Crippen LogP contribution in [0.5, 0.6) is 0 Å². The zero-order valence-electron chi connectivity index (χ0n) is 15.5. The number of H-pyrrole nitrogens is 1. The number of nitrogens with one attached hydrogen (secondary N) is 1. The number of alkyl halides is 3. The largest absolute Gasteiger partial charge is 0.448 e. The minimum Gasteiger partial charge on any atom is -0.361 e. The molecule has 0 bridgehead atoms. The van der Waals surface area contributed by atoms with Gasteiger partial charge in [0.15, 0.2) is 0 Å². The average Bonchev–Trinajstić information content (AvgIpc) is 3.20. The third-order valence-electron chi connectivity index (χ3n) is 5.02. The van der Waals surface area contributed by atoms with Gasteiger partial charge < -0.3 is 10.1 Å². The van der Waals surface area contributed by atoms with Gasteiger partial charge in [0.1, 0.15) is 5.84 Å². The lowest BCUT2D eigenvalue weighted by atomic mass is 10.1. The second kappa shape index (κ2) is 6.73. The summed E-state index contributed by atoms with van der Waals surface area (Å²) in [6.07, 6.45) is -3.13. The van der Waals surface area contributed by atoms with Crippen molar-refractivity contribution in [1.82, 2.24) is 9.88 Å². The van der Waals surface area contributed by atoms with Crippen molar-refractivity contribution in [2.45, 2.75) is 25.2 Å². The van der Waals surface area contributed by atoms with Crippen LogP contribution in [0.3, 0.4) is 0 Å². The van der Waals surface area contributed by atoms with Crippen molar-refractivity contribution in [1.29, 1.82) is 0 Å². The van der Waals surface area contributed by atoms with Crippen LogP contribution in [0.4, 0.5) is 13.2 Å². The summed E-state index contributed by atoms with van der Waals surface area (Å²) < 4.78 is 40.2.